The van der Waals surface area contributed by atoms with Crippen molar-refractivity contribution in [1.29, 1.82) is 0 Å². The van der Waals surface area contributed by atoms with E-state index in [1.165, 1.54) is 6.07 Å². The molecular formula is C14H11BrF2N2O2. The SMILES string of the molecule is Cc1cc(Br)c(NCc2cc(F)ccc2F)cc1[N+](=O)[O-]. The summed E-state index contributed by atoms with van der Waals surface area (Å²) in [6.07, 6.45) is 0. The molecule has 0 atom stereocenters. The first-order chi connectivity index (χ1) is 9.88. The Morgan fingerprint density at radius 1 is 1.29 bits per heavy atom. The van der Waals surface area contributed by atoms with E-state index >= 15 is 0 Å². The first-order valence-corrected chi connectivity index (χ1v) is 6.80. The Kier molecular flexibility index (Phi) is 4.52. The van der Waals surface area contributed by atoms with Crippen molar-refractivity contribution in [3.05, 3.63) is 67.7 Å². The van der Waals surface area contributed by atoms with Gasteiger partial charge in [-0.05, 0) is 47.1 Å². The number of nitro benzene ring substituents is 1. The number of aryl methyl sites for hydroxylation is 1. The number of hydrogen-bond acceptors (Lipinski definition) is 3. The van der Waals surface area contributed by atoms with Gasteiger partial charge in [-0.2, -0.15) is 0 Å². The standard InChI is InChI=1S/C14H11BrF2N2O2/c1-8-4-11(15)13(6-14(8)19(20)21)18-7-9-5-10(16)2-3-12(9)17/h2-6,18H,7H2,1H3. The lowest BCUT2D eigenvalue weighted by molar-refractivity contribution is -0.385. The predicted molar refractivity (Wildman–Crippen MR) is 79.2 cm³/mol. The van der Waals surface area contributed by atoms with E-state index in [1.54, 1.807) is 13.0 Å². The van der Waals surface area contributed by atoms with Crippen molar-refractivity contribution < 1.29 is 13.7 Å². The summed E-state index contributed by atoms with van der Waals surface area (Å²) in [6, 6.07) is 6.11. The van der Waals surface area contributed by atoms with E-state index in [4.69, 9.17) is 0 Å². The van der Waals surface area contributed by atoms with Crippen LogP contribution in [0, 0.1) is 28.7 Å². The summed E-state index contributed by atoms with van der Waals surface area (Å²) in [5, 5.41) is 13.8. The molecule has 0 heterocycles. The van der Waals surface area contributed by atoms with E-state index in [2.05, 4.69) is 21.2 Å². The van der Waals surface area contributed by atoms with E-state index in [0.29, 0.717) is 15.7 Å². The molecule has 0 saturated heterocycles. The first-order valence-electron chi connectivity index (χ1n) is 6.01. The summed E-state index contributed by atoms with van der Waals surface area (Å²) in [5.41, 5.74) is 1.05. The highest BCUT2D eigenvalue weighted by Crippen LogP contribution is 2.31. The van der Waals surface area contributed by atoms with Gasteiger partial charge in [-0.3, -0.25) is 10.1 Å². The third-order valence-electron chi connectivity index (χ3n) is 2.96. The Hall–Kier alpha value is -2.02. The molecule has 2 aromatic carbocycles. The molecule has 2 aromatic rings. The van der Waals surface area contributed by atoms with Gasteiger partial charge in [0.05, 0.1) is 10.6 Å². The second-order valence-corrected chi connectivity index (χ2v) is 5.32. The molecule has 0 aliphatic rings. The van der Waals surface area contributed by atoms with Crippen LogP contribution in [-0.2, 0) is 6.54 Å². The fourth-order valence-corrected chi connectivity index (χ4v) is 2.46. The van der Waals surface area contributed by atoms with Gasteiger partial charge < -0.3 is 5.32 Å². The zero-order valence-electron chi connectivity index (χ0n) is 11.0. The Morgan fingerprint density at radius 3 is 2.67 bits per heavy atom. The van der Waals surface area contributed by atoms with E-state index in [1.807, 2.05) is 0 Å². The van der Waals surface area contributed by atoms with E-state index in [0.717, 1.165) is 18.2 Å². The Bertz CT molecular complexity index is 708. The molecule has 4 nitrogen and oxygen atoms in total. The minimum absolute atomic E-state index is 0.0163. The number of rotatable bonds is 4. The minimum Gasteiger partial charge on any atom is -0.380 e. The van der Waals surface area contributed by atoms with Crippen molar-refractivity contribution in [2.24, 2.45) is 0 Å². The molecule has 0 aromatic heterocycles. The average Bonchev–Trinajstić information content (AvgIpc) is 2.41. The van der Waals surface area contributed by atoms with Crippen LogP contribution in [0.15, 0.2) is 34.8 Å². The van der Waals surface area contributed by atoms with Gasteiger partial charge in [0, 0.05) is 28.2 Å². The third kappa shape index (κ3) is 3.55. The maximum absolute atomic E-state index is 13.5. The number of benzene rings is 2. The summed E-state index contributed by atoms with van der Waals surface area (Å²) >= 11 is 3.28. The van der Waals surface area contributed by atoms with Gasteiger partial charge in [0.1, 0.15) is 11.6 Å². The van der Waals surface area contributed by atoms with Crippen LogP contribution in [0.1, 0.15) is 11.1 Å². The molecule has 0 aliphatic heterocycles. The van der Waals surface area contributed by atoms with Gasteiger partial charge in [-0.25, -0.2) is 8.78 Å². The monoisotopic (exact) mass is 356 g/mol. The van der Waals surface area contributed by atoms with Crippen LogP contribution in [0.5, 0.6) is 0 Å². The minimum atomic E-state index is -0.540. The molecule has 110 valence electrons. The van der Waals surface area contributed by atoms with E-state index < -0.39 is 16.6 Å². The van der Waals surface area contributed by atoms with E-state index in [-0.39, 0.29) is 17.8 Å². The fourth-order valence-electron chi connectivity index (χ4n) is 1.86. The molecule has 21 heavy (non-hydrogen) atoms. The van der Waals surface area contributed by atoms with Crippen LogP contribution in [0.4, 0.5) is 20.2 Å². The summed E-state index contributed by atoms with van der Waals surface area (Å²) in [7, 11) is 0. The highest BCUT2D eigenvalue weighted by atomic mass is 79.9. The molecule has 0 fully saturated rings. The predicted octanol–water partition coefficient (Wildman–Crippen LogP) is 4.56. The normalized spacial score (nSPS) is 10.5. The number of halogens is 3. The van der Waals surface area contributed by atoms with Crippen LogP contribution in [0.3, 0.4) is 0 Å². The topological polar surface area (TPSA) is 55.2 Å². The summed E-state index contributed by atoms with van der Waals surface area (Å²) < 4.78 is 27.2. The number of nitrogens with zero attached hydrogens (tertiary/aromatic N) is 1. The maximum atomic E-state index is 13.5. The van der Waals surface area contributed by atoms with Crippen molar-refractivity contribution >= 4 is 27.3 Å². The highest BCUT2D eigenvalue weighted by Gasteiger charge is 2.14. The highest BCUT2D eigenvalue weighted by molar-refractivity contribution is 9.10. The fraction of sp³-hybridized carbons (Fsp3) is 0.143. The zero-order valence-corrected chi connectivity index (χ0v) is 12.6. The van der Waals surface area contributed by atoms with Crippen LogP contribution < -0.4 is 5.32 Å². The molecule has 1 N–H and O–H groups in total. The van der Waals surface area contributed by atoms with E-state index in [9.17, 15) is 18.9 Å². The molecule has 0 bridgehead atoms. The van der Waals surface area contributed by atoms with Gasteiger partial charge >= 0.3 is 0 Å². The molecular weight excluding hydrogens is 346 g/mol. The Labute approximate surface area is 128 Å². The number of hydrogen-bond donors (Lipinski definition) is 1. The lowest BCUT2D eigenvalue weighted by atomic mass is 10.1. The van der Waals surface area contributed by atoms with Crippen LogP contribution >= 0.6 is 15.9 Å². The number of nitrogens with one attached hydrogen (secondary N) is 1. The van der Waals surface area contributed by atoms with Crippen LogP contribution in [0.2, 0.25) is 0 Å². The molecule has 0 saturated carbocycles. The van der Waals surface area contributed by atoms with Gasteiger partial charge in [0.25, 0.3) is 5.69 Å². The summed E-state index contributed by atoms with van der Waals surface area (Å²) in [5.74, 6) is -1.08. The molecule has 0 spiro atoms. The van der Waals surface area contributed by atoms with Gasteiger partial charge in [-0.1, -0.05) is 0 Å². The van der Waals surface area contributed by atoms with Crippen LogP contribution in [0.25, 0.3) is 0 Å². The largest absolute Gasteiger partial charge is 0.380 e. The Balaban J connectivity index is 2.25. The second kappa shape index (κ2) is 6.17. The average molecular weight is 357 g/mol. The summed E-state index contributed by atoms with van der Waals surface area (Å²) in [4.78, 5) is 10.4. The molecule has 0 amide bonds. The molecule has 0 aliphatic carbocycles. The lowest BCUT2D eigenvalue weighted by Crippen LogP contribution is -2.04. The lowest BCUT2D eigenvalue weighted by Gasteiger charge is -2.10. The zero-order chi connectivity index (χ0) is 15.6. The quantitative estimate of drug-likeness (QED) is 0.645. The van der Waals surface area contributed by atoms with Gasteiger partial charge in [-0.15, -0.1) is 0 Å². The second-order valence-electron chi connectivity index (χ2n) is 4.46. The third-order valence-corrected chi connectivity index (χ3v) is 3.62. The van der Waals surface area contributed by atoms with Gasteiger partial charge in [0.15, 0.2) is 0 Å². The summed E-state index contributed by atoms with van der Waals surface area (Å²) in [6.45, 7) is 1.64. The van der Waals surface area contributed by atoms with Crippen molar-refractivity contribution in [3.63, 3.8) is 0 Å². The Morgan fingerprint density at radius 2 is 2.00 bits per heavy atom. The van der Waals surface area contributed by atoms with Crippen LogP contribution in [-0.4, -0.2) is 4.92 Å². The number of nitro groups is 1. The van der Waals surface area contributed by atoms with Gasteiger partial charge in [0.2, 0.25) is 0 Å². The molecule has 0 unspecified atom stereocenters. The van der Waals surface area contributed by atoms with Crippen molar-refractivity contribution in [2.45, 2.75) is 13.5 Å². The molecule has 0 radical (unpaired) electrons. The van der Waals surface area contributed by atoms with Crippen molar-refractivity contribution in [1.82, 2.24) is 0 Å². The first kappa shape index (κ1) is 15.4. The van der Waals surface area contributed by atoms with Crippen molar-refractivity contribution in [2.75, 3.05) is 5.32 Å². The maximum Gasteiger partial charge on any atom is 0.274 e. The molecule has 7 heteroatoms. The number of anilines is 1. The van der Waals surface area contributed by atoms with Crippen molar-refractivity contribution in [3.8, 4) is 0 Å². The molecule has 2 rings (SSSR count). The smallest absolute Gasteiger partial charge is 0.274 e.